The lowest BCUT2D eigenvalue weighted by Gasteiger charge is -2.47. The van der Waals surface area contributed by atoms with Crippen LogP contribution in [0.15, 0.2) is 48.7 Å². The van der Waals surface area contributed by atoms with E-state index in [1.165, 1.54) is 16.0 Å². The number of carbonyl (C=O) groups excluding carboxylic acids is 3. The highest BCUT2D eigenvalue weighted by molar-refractivity contribution is 6.00. The van der Waals surface area contributed by atoms with E-state index in [2.05, 4.69) is 22.5 Å². The largest absolute Gasteiger partial charge is 0.347 e. The smallest absolute Gasteiger partial charge is 0.249 e. The maximum atomic E-state index is 14.5. The Morgan fingerprint density at radius 3 is 2.34 bits per heavy atom. The molecule has 3 amide bonds. The zero-order valence-electron chi connectivity index (χ0n) is 22.8. The van der Waals surface area contributed by atoms with Gasteiger partial charge in [0.05, 0.1) is 11.7 Å². The minimum Gasteiger partial charge on any atom is -0.347 e. The van der Waals surface area contributed by atoms with Crippen molar-refractivity contribution in [2.24, 2.45) is 18.9 Å². The van der Waals surface area contributed by atoms with Crippen molar-refractivity contribution in [2.75, 3.05) is 14.1 Å². The molecule has 8 nitrogen and oxygen atoms in total. The van der Waals surface area contributed by atoms with Gasteiger partial charge in [-0.15, -0.1) is 0 Å². The number of fused-ring (bicyclic) bond motifs is 2. The third-order valence-electron chi connectivity index (χ3n) is 8.47. The second-order valence-corrected chi connectivity index (χ2v) is 10.9. The van der Waals surface area contributed by atoms with Crippen LogP contribution >= 0.6 is 0 Å². The number of aryl methyl sites for hydroxylation is 1. The highest BCUT2D eigenvalue weighted by Crippen LogP contribution is 2.37. The number of hydrogen-bond donors (Lipinski definition) is 1. The number of benzene rings is 2. The van der Waals surface area contributed by atoms with Crippen molar-refractivity contribution in [1.82, 2.24) is 24.9 Å². The maximum absolute atomic E-state index is 14.5. The monoisotopic (exact) mass is 515 g/mol. The lowest BCUT2D eigenvalue weighted by Crippen LogP contribution is -2.68. The molecule has 1 aliphatic heterocycles. The molecule has 0 unspecified atom stereocenters. The zero-order valence-corrected chi connectivity index (χ0v) is 22.8. The van der Waals surface area contributed by atoms with Gasteiger partial charge in [0.15, 0.2) is 0 Å². The summed E-state index contributed by atoms with van der Waals surface area (Å²) >= 11 is 0. The first kappa shape index (κ1) is 25.9. The fourth-order valence-corrected chi connectivity index (χ4v) is 6.36. The number of nitrogens with zero attached hydrogens (tertiary/aromatic N) is 4. The zero-order chi connectivity index (χ0) is 27.1. The van der Waals surface area contributed by atoms with Crippen molar-refractivity contribution in [2.45, 2.75) is 57.7 Å². The van der Waals surface area contributed by atoms with Crippen molar-refractivity contribution < 1.29 is 14.4 Å². The van der Waals surface area contributed by atoms with Crippen LogP contribution in [-0.4, -0.2) is 63.5 Å². The predicted molar refractivity (Wildman–Crippen MR) is 146 cm³/mol. The molecule has 0 bridgehead atoms. The molecule has 1 N–H and O–H groups in total. The Morgan fingerprint density at radius 2 is 1.74 bits per heavy atom. The standard InChI is InChI=1S/C30H37N5O3/c1-6-18(7-2)26-28(36)32-25(22-14-19-10-8-9-11-20(19)15-22)29(37)35(26)27(30(38)33(3)4)21-12-13-24-23(16-21)17-31-34(24)5/h8-13,16-18,22,25-27H,6-7,14-15H2,1-5H3,(H,32,36)/t25-,26-,27-/m1/s1. The van der Waals surface area contributed by atoms with Crippen LogP contribution in [0.25, 0.3) is 10.9 Å². The Kier molecular flexibility index (Phi) is 6.99. The second-order valence-electron chi connectivity index (χ2n) is 10.9. The molecule has 200 valence electrons. The summed E-state index contributed by atoms with van der Waals surface area (Å²) in [5.41, 5.74) is 4.06. The quantitative estimate of drug-likeness (QED) is 0.523. The average molecular weight is 516 g/mol. The Balaban J connectivity index is 1.61. The first-order valence-corrected chi connectivity index (χ1v) is 13.6. The molecule has 2 aliphatic rings. The molecular weight excluding hydrogens is 478 g/mol. The first-order chi connectivity index (χ1) is 18.2. The molecule has 2 aromatic carbocycles. The summed E-state index contributed by atoms with van der Waals surface area (Å²) in [6.45, 7) is 4.07. The summed E-state index contributed by atoms with van der Waals surface area (Å²) in [6.07, 6.45) is 4.66. The van der Waals surface area contributed by atoms with E-state index in [4.69, 9.17) is 0 Å². The second kappa shape index (κ2) is 10.2. The third kappa shape index (κ3) is 4.36. The summed E-state index contributed by atoms with van der Waals surface area (Å²) in [5.74, 6) is -0.685. The number of aromatic nitrogens is 2. The summed E-state index contributed by atoms with van der Waals surface area (Å²) in [6, 6.07) is 11.6. The van der Waals surface area contributed by atoms with Crippen LogP contribution in [0.4, 0.5) is 0 Å². The first-order valence-electron chi connectivity index (χ1n) is 13.6. The Hall–Kier alpha value is -3.68. The van der Waals surface area contributed by atoms with Gasteiger partial charge in [0.1, 0.15) is 18.1 Å². The van der Waals surface area contributed by atoms with Gasteiger partial charge < -0.3 is 15.1 Å². The highest BCUT2D eigenvalue weighted by Gasteiger charge is 2.51. The average Bonchev–Trinajstić information content (AvgIpc) is 3.51. The molecule has 3 aromatic rings. The molecule has 0 saturated carbocycles. The number of likely N-dealkylation sites (N-methyl/N-ethyl adjacent to an activating group) is 1. The summed E-state index contributed by atoms with van der Waals surface area (Å²) < 4.78 is 1.78. The fraction of sp³-hybridized carbons (Fsp3) is 0.467. The Morgan fingerprint density at radius 1 is 1.08 bits per heavy atom. The van der Waals surface area contributed by atoms with Gasteiger partial charge in [0, 0.05) is 26.5 Å². The lowest BCUT2D eigenvalue weighted by molar-refractivity contribution is -0.161. The number of carbonyl (C=O) groups is 3. The fourth-order valence-electron chi connectivity index (χ4n) is 6.36. The Bertz CT molecular complexity index is 1350. The van der Waals surface area contributed by atoms with E-state index >= 15 is 0 Å². The molecule has 2 heterocycles. The van der Waals surface area contributed by atoms with E-state index in [9.17, 15) is 14.4 Å². The van der Waals surface area contributed by atoms with E-state index < -0.39 is 18.1 Å². The van der Waals surface area contributed by atoms with Gasteiger partial charge in [-0.3, -0.25) is 19.1 Å². The predicted octanol–water partition coefficient (Wildman–Crippen LogP) is 3.25. The van der Waals surface area contributed by atoms with Crippen LogP contribution in [0.5, 0.6) is 0 Å². The van der Waals surface area contributed by atoms with E-state index in [-0.39, 0.29) is 29.6 Å². The molecule has 1 aromatic heterocycles. The van der Waals surface area contributed by atoms with Crippen LogP contribution in [0, 0.1) is 11.8 Å². The highest BCUT2D eigenvalue weighted by atomic mass is 16.2. The molecule has 38 heavy (non-hydrogen) atoms. The molecular formula is C30H37N5O3. The van der Waals surface area contributed by atoms with Crippen molar-refractivity contribution in [1.29, 1.82) is 0 Å². The van der Waals surface area contributed by atoms with Crippen molar-refractivity contribution in [3.05, 3.63) is 65.4 Å². The van der Waals surface area contributed by atoms with Crippen LogP contribution < -0.4 is 5.32 Å². The maximum Gasteiger partial charge on any atom is 0.249 e. The summed E-state index contributed by atoms with van der Waals surface area (Å²) in [5, 5.41) is 8.34. The number of rotatable bonds is 7. The minimum atomic E-state index is -0.912. The molecule has 3 atom stereocenters. The van der Waals surface area contributed by atoms with Gasteiger partial charge in [0.2, 0.25) is 17.7 Å². The van der Waals surface area contributed by atoms with Gasteiger partial charge in [0.25, 0.3) is 0 Å². The molecule has 1 saturated heterocycles. The van der Waals surface area contributed by atoms with Crippen molar-refractivity contribution >= 4 is 28.6 Å². The van der Waals surface area contributed by atoms with E-state index in [1.807, 2.05) is 51.2 Å². The third-order valence-corrected chi connectivity index (χ3v) is 8.47. The molecule has 1 fully saturated rings. The number of amides is 3. The van der Waals surface area contributed by atoms with Gasteiger partial charge in [-0.2, -0.15) is 5.10 Å². The Labute approximate surface area is 224 Å². The van der Waals surface area contributed by atoms with Crippen molar-refractivity contribution in [3.63, 3.8) is 0 Å². The number of nitrogens with one attached hydrogen (secondary N) is 1. The molecule has 1 aliphatic carbocycles. The van der Waals surface area contributed by atoms with Crippen molar-refractivity contribution in [3.8, 4) is 0 Å². The number of piperazine rings is 1. The van der Waals surface area contributed by atoms with Crippen LogP contribution in [0.1, 0.15) is 49.4 Å². The van der Waals surface area contributed by atoms with E-state index in [1.54, 1.807) is 29.9 Å². The molecule has 0 radical (unpaired) electrons. The normalized spacial score (nSPS) is 20.6. The lowest BCUT2D eigenvalue weighted by atomic mass is 9.84. The van der Waals surface area contributed by atoms with E-state index in [0.29, 0.717) is 5.56 Å². The van der Waals surface area contributed by atoms with Gasteiger partial charge in [-0.25, -0.2) is 0 Å². The number of hydrogen-bond acceptors (Lipinski definition) is 4. The van der Waals surface area contributed by atoms with Crippen LogP contribution in [0.2, 0.25) is 0 Å². The van der Waals surface area contributed by atoms with Gasteiger partial charge in [-0.1, -0.05) is 57.0 Å². The molecule has 5 rings (SSSR count). The summed E-state index contributed by atoms with van der Waals surface area (Å²) in [7, 11) is 5.27. The van der Waals surface area contributed by atoms with Gasteiger partial charge in [-0.05, 0) is 53.5 Å². The van der Waals surface area contributed by atoms with Gasteiger partial charge >= 0.3 is 0 Å². The summed E-state index contributed by atoms with van der Waals surface area (Å²) in [4.78, 5) is 45.4. The minimum absolute atomic E-state index is 0.0510. The SMILES string of the molecule is CCC(CC)[C@@H]1C(=O)N[C@H](C2Cc3ccccc3C2)C(=O)N1[C@@H](C(=O)N(C)C)c1ccc2c(cnn2C)c1. The van der Waals surface area contributed by atoms with Crippen LogP contribution in [-0.2, 0) is 34.3 Å². The van der Waals surface area contributed by atoms with E-state index in [0.717, 1.165) is 36.6 Å². The molecule has 0 spiro atoms. The molecule has 8 heteroatoms. The van der Waals surface area contributed by atoms with Crippen LogP contribution in [0.3, 0.4) is 0 Å². The topological polar surface area (TPSA) is 87.5 Å².